The van der Waals surface area contributed by atoms with E-state index in [4.69, 9.17) is 25.8 Å². The van der Waals surface area contributed by atoms with Crippen LogP contribution in [0.2, 0.25) is 5.02 Å². The van der Waals surface area contributed by atoms with E-state index in [2.05, 4.69) is 9.97 Å². The van der Waals surface area contributed by atoms with E-state index in [1.54, 1.807) is 0 Å². The molecule has 144 valence electrons. The number of para-hydroxylation sites is 1. The van der Waals surface area contributed by atoms with E-state index < -0.39 is 21.2 Å². The summed E-state index contributed by atoms with van der Waals surface area (Å²) >= 11 is 5.80. The van der Waals surface area contributed by atoms with E-state index >= 15 is 0 Å². The van der Waals surface area contributed by atoms with Gasteiger partial charge in [0.15, 0.2) is 5.75 Å². The summed E-state index contributed by atoms with van der Waals surface area (Å²) < 4.78 is 77.0. The molecule has 1 heterocycles. The molecule has 14 heteroatoms. The number of rotatable bonds is 6. The van der Waals surface area contributed by atoms with Gasteiger partial charge in [0.2, 0.25) is 11.8 Å². The van der Waals surface area contributed by atoms with Crippen LogP contribution in [-0.4, -0.2) is 89.5 Å². The van der Waals surface area contributed by atoms with Crippen molar-refractivity contribution in [2.24, 2.45) is 0 Å². The standard InChI is InChI=1S/C13H11ClF3N3O5S.K.H/c1-23-9-6-10(24-2)19-12(18-9)25-8-5-3-4-7(14)11(8)20-26(21,22)13(15,16)17;;/h3-6,20H,1-2H3;;. The van der Waals surface area contributed by atoms with Crippen molar-refractivity contribution in [3.8, 4) is 23.5 Å². The predicted molar refractivity (Wildman–Crippen MR) is 92.4 cm³/mol. The van der Waals surface area contributed by atoms with Gasteiger partial charge in [-0.15, -0.1) is 0 Å². The van der Waals surface area contributed by atoms with E-state index in [0.717, 1.165) is 0 Å². The molecule has 0 atom stereocenters. The molecule has 0 amide bonds. The summed E-state index contributed by atoms with van der Waals surface area (Å²) in [5.41, 5.74) is -6.17. The first-order chi connectivity index (χ1) is 12.1. The van der Waals surface area contributed by atoms with Gasteiger partial charge in [0, 0.05) is 0 Å². The molecule has 0 bridgehead atoms. The second-order valence-electron chi connectivity index (χ2n) is 4.50. The Kier molecular flexibility index (Phi) is 8.59. The van der Waals surface area contributed by atoms with Gasteiger partial charge in [-0.25, -0.2) is 0 Å². The first kappa shape index (κ1) is 24.2. The molecule has 0 aliphatic heterocycles. The fraction of sp³-hybridized carbons (Fsp3) is 0.231. The van der Waals surface area contributed by atoms with E-state index in [0.29, 0.717) is 0 Å². The number of halogens is 4. The van der Waals surface area contributed by atoms with Gasteiger partial charge in [-0.3, -0.25) is 4.72 Å². The molecule has 0 fully saturated rings. The van der Waals surface area contributed by atoms with Gasteiger partial charge in [0.05, 0.1) is 25.3 Å². The number of hydrogen-bond acceptors (Lipinski definition) is 7. The fourth-order valence-corrected chi connectivity index (χ4v) is 2.48. The van der Waals surface area contributed by atoms with E-state index in [1.807, 2.05) is 0 Å². The van der Waals surface area contributed by atoms with Gasteiger partial charge < -0.3 is 14.2 Å². The molecule has 27 heavy (non-hydrogen) atoms. The number of aromatic nitrogens is 2. The normalized spacial score (nSPS) is 11.3. The molecule has 0 aliphatic carbocycles. The second-order valence-corrected chi connectivity index (χ2v) is 6.58. The number of methoxy groups -OCH3 is 2. The maximum absolute atomic E-state index is 12.6. The van der Waals surface area contributed by atoms with Crippen LogP contribution in [0, 0.1) is 0 Å². The topological polar surface area (TPSA) is 99.6 Å². The van der Waals surface area contributed by atoms with Crippen molar-refractivity contribution >= 4 is 78.7 Å². The molecule has 0 saturated carbocycles. The Balaban J connectivity index is 0.00000364. The molecule has 0 radical (unpaired) electrons. The number of nitrogens with one attached hydrogen (secondary N) is 1. The van der Waals surface area contributed by atoms with Crippen LogP contribution in [0.5, 0.6) is 23.5 Å². The third kappa shape index (κ3) is 6.07. The van der Waals surface area contributed by atoms with Crippen molar-refractivity contribution in [2.75, 3.05) is 18.9 Å². The zero-order valence-corrected chi connectivity index (χ0v) is 14.7. The third-order valence-corrected chi connectivity index (χ3v) is 4.19. The van der Waals surface area contributed by atoms with Crippen LogP contribution >= 0.6 is 11.6 Å². The molecule has 1 aromatic heterocycles. The number of anilines is 1. The van der Waals surface area contributed by atoms with Gasteiger partial charge in [0.1, 0.15) is 5.69 Å². The molecule has 2 aromatic rings. The van der Waals surface area contributed by atoms with Gasteiger partial charge in [0.25, 0.3) is 0 Å². The van der Waals surface area contributed by atoms with Gasteiger partial charge in [-0.1, -0.05) is 17.7 Å². The average molecular weight is 454 g/mol. The zero-order chi connectivity index (χ0) is 19.5. The van der Waals surface area contributed by atoms with Crippen LogP contribution in [0.3, 0.4) is 0 Å². The number of alkyl halides is 3. The summed E-state index contributed by atoms with van der Waals surface area (Å²) in [6.07, 6.45) is 0. The van der Waals surface area contributed by atoms with Crippen LogP contribution < -0.4 is 18.9 Å². The van der Waals surface area contributed by atoms with Crippen LogP contribution in [-0.2, 0) is 10.0 Å². The molecule has 8 nitrogen and oxygen atoms in total. The number of nitrogens with zero attached hydrogens (tertiary/aromatic N) is 2. The Bertz CT molecular complexity index is 892. The minimum absolute atomic E-state index is 0. The molecule has 0 aliphatic rings. The fourth-order valence-electron chi connectivity index (χ4n) is 1.62. The molecule has 0 saturated heterocycles. The van der Waals surface area contributed by atoms with Gasteiger partial charge in [-0.05, 0) is 12.1 Å². The molecule has 0 unspecified atom stereocenters. The summed E-state index contributed by atoms with van der Waals surface area (Å²) in [4.78, 5) is 7.67. The Hall–Kier alpha value is -0.834. The minimum atomic E-state index is -5.72. The maximum atomic E-state index is 12.6. The second kappa shape index (κ2) is 9.58. The summed E-state index contributed by atoms with van der Waals surface area (Å²) in [7, 11) is -3.09. The Morgan fingerprint density at radius 2 is 1.67 bits per heavy atom. The summed E-state index contributed by atoms with van der Waals surface area (Å²) in [6.45, 7) is 0. The summed E-state index contributed by atoms with van der Waals surface area (Å²) in [5.74, 6) is -0.266. The number of hydrogen-bond donors (Lipinski definition) is 1. The Morgan fingerprint density at radius 3 is 2.15 bits per heavy atom. The molecule has 2 rings (SSSR count). The molecule has 1 aromatic carbocycles. The number of sulfonamides is 1. The first-order valence-electron chi connectivity index (χ1n) is 6.60. The van der Waals surface area contributed by atoms with Crippen molar-refractivity contribution in [2.45, 2.75) is 5.51 Å². The molecular weight excluding hydrogens is 442 g/mol. The summed E-state index contributed by atoms with van der Waals surface area (Å²) in [5, 5.41) is -0.329. The predicted octanol–water partition coefficient (Wildman–Crippen LogP) is 2.55. The van der Waals surface area contributed by atoms with Crippen molar-refractivity contribution in [3.63, 3.8) is 0 Å². The van der Waals surface area contributed by atoms with Crippen LogP contribution in [0.4, 0.5) is 18.9 Å². The van der Waals surface area contributed by atoms with Crippen molar-refractivity contribution in [3.05, 3.63) is 29.3 Å². The van der Waals surface area contributed by atoms with Crippen LogP contribution in [0.15, 0.2) is 24.3 Å². The molecule has 0 spiro atoms. The Morgan fingerprint density at radius 1 is 1.11 bits per heavy atom. The summed E-state index contributed by atoms with van der Waals surface area (Å²) in [6, 6.07) is 4.65. The van der Waals surface area contributed by atoms with Crippen LogP contribution in [0.1, 0.15) is 0 Å². The van der Waals surface area contributed by atoms with Gasteiger partial charge in [-0.2, -0.15) is 31.6 Å². The van der Waals surface area contributed by atoms with Crippen molar-refractivity contribution in [1.82, 2.24) is 9.97 Å². The quantitative estimate of drug-likeness (QED) is 0.671. The van der Waals surface area contributed by atoms with Gasteiger partial charge >= 0.3 is 72.9 Å². The SMILES string of the molecule is COc1cc(OC)nc(Oc2cccc(Cl)c2NS(=O)(=O)C(F)(F)F)n1.[KH]. The number of ether oxygens (including phenoxy) is 3. The molecule has 1 N–H and O–H groups in total. The van der Waals surface area contributed by atoms with E-state index in [-0.39, 0.29) is 79.9 Å². The van der Waals surface area contributed by atoms with Crippen molar-refractivity contribution in [1.29, 1.82) is 0 Å². The van der Waals surface area contributed by atoms with Crippen LogP contribution in [0.25, 0.3) is 0 Å². The first-order valence-corrected chi connectivity index (χ1v) is 8.46. The molecular formula is C13H12ClF3KN3O5S. The number of benzene rings is 1. The zero-order valence-electron chi connectivity index (χ0n) is 13.2. The third-order valence-electron chi connectivity index (χ3n) is 2.79. The van der Waals surface area contributed by atoms with Crippen molar-refractivity contribution < 1.29 is 35.8 Å². The Labute approximate surface area is 199 Å². The van der Waals surface area contributed by atoms with E-state index in [1.165, 1.54) is 43.2 Å². The average Bonchev–Trinajstić information content (AvgIpc) is 2.56. The van der Waals surface area contributed by atoms with E-state index in [9.17, 15) is 21.6 Å². The monoisotopic (exact) mass is 453 g/mol.